The fraction of sp³-hybridized carbons (Fsp3) is 0.0870. The molecule has 3 aromatic carbocycles. The number of amides is 1. The Morgan fingerprint density at radius 1 is 1.19 bits per heavy atom. The monoisotopic (exact) mass is 497 g/mol. The zero-order valence-electron chi connectivity index (χ0n) is 16.5. The molecule has 1 aromatic heterocycles. The van der Waals surface area contributed by atoms with E-state index in [1.54, 1.807) is 12.3 Å². The van der Waals surface area contributed by atoms with Crippen molar-refractivity contribution in [3.05, 3.63) is 88.1 Å². The van der Waals surface area contributed by atoms with Crippen molar-refractivity contribution in [2.24, 2.45) is 5.10 Å². The third-order valence-electron chi connectivity index (χ3n) is 4.30. The van der Waals surface area contributed by atoms with Gasteiger partial charge in [-0.1, -0.05) is 33.3 Å². The molecule has 1 amide bonds. The van der Waals surface area contributed by atoms with Crippen LogP contribution in [0.1, 0.15) is 22.8 Å². The van der Waals surface area contributed by atoms with Crippen molar-refractivity contribution < 1.29 is 13.9 Å². The number of hydrogen-bond acceptors (Lipinski definition) is 5. The average Bonchev–Trinajstić information content (AvgIpc) is 3.18. The van der Waals surface area contributed by atoms with Gasteiger partial charge in [-0.15, -0.1) is 0 Å². The van der Waals surface area contributed by atoms with Crippen molar-refractivity contribution >= 4 is 54.7 Å². The van der Waals surface area contributed by atoms with Crippen LogP contribution in [0.25, 0.3) is 10.2 Å². The fourth-order valence-electron chi connectivity index (χ4n) is 2.85. The molecular formula is C23H17BrFN3O2S. The van der Waals surface area contributed by atoms with Gasteiger partial charge < -0.3 is 4.74 Å². The minimum Gasteiger partial charge on any atom is -0.494 e. The molecule has 8 heteroatoms. The maximum Gasteiger partial charge on any atom is 0.280 e. The summed E-state index contributed by atoms with van der Waals surface area (Å²) in [5.41, 5.74) is 1.71. The van der Waals surface area contributed by atoms with E-state index in [0.29, 0.717) is 11.7 Å². The van der Waals surface area contributed by atoms with Crippen LogP contribution in [0.3, 0.4) is 0 Å². The molecule has 0 saturated carbocycles. The third kappa shape index (κ3) is 4.98. The Bertz CT molecular complexity index is 1260. The standard InChI is InChI=1S/C23H17BrFN3O2S/c1-2-30-19-9-6-15(7-10-19)14-26-28(22(29)16-4-3-5-18(25)12-16)23-27-20-11-8-17(24)13-21(20)31-23/h3-14H,2H2,1H3/b26-14+. The van der Waals surface area contributed by atoms with E-state index in [4.69, 9.17) is 4.74 Å². The van der Waals surface area contributed by atoms with E-state index < -0.39 is 11.7 Å². The molecule has 0 radical (unpaired) electrons. The van der Waals surface area contributed by atoms with Crippen molar-refractivity contribution in [1.29, 1.82) is 0 Å². The Morgan fingerprint density at radius 2 is 2.00 bits per heavy atom. The van der Waals surface area contributed by atoms with Gasteiger partial charge in [0, 0.05) is 10.0 Å². The summed E-state index contributed by atoms with van der Waals surface area (Å²) in [6.07, 6.45) is 1.56. The lowest BCUT2D eigenvalue weighted by Gasteiger charge is -2.14. The lowest BCUT2D eigenvalue weighted by Crippen LogP contribution is -2.25. The molecule has 1 heterocycles. The van der Waals surface area contributed by atoms with Crippen LogP contribution in [0.15, 0.2) is 76.3 Å². The maximum absolute atomic E-state index is 13.7. The van der Waals surface area contributed by atoms with Crippen LogP contribution in [0.2, 0.25) is 0 Å². The van der Waals surface area contributed by atoms with Crippen molar-refractivity contribution in [1.82, 2.24) is 4.98 Å². The second-order valence-corrected chi connectivity index (χ2v) is 8.41. The zero-order valence-corrected chi connectivity index (χ0v) is 18.9. The maximum atomic E-state index is 13.7. The molecule has 31 heavy (non-hydrogen) atoms. The van der Waals surface area contributed by atoms with Gasteiger partial charge in [-0.3, -0.25) is 4.79 Å². The van der Waals surface area contributed by atoms with Crippen LogP contribution in [0.4, 0.5) is 9.52 Å². The number of fused-ring (bicyclic) bond motifs is 1. The Hall–Kier alpha value is -3.10. The normalized spacial score (nSPS) is 11.2. The molecule has 4 rings (SSSR count). The van der Waals surface area contributed by atoms with Crippen LogP contribution < -0.4 is 9.75 Å². The largest absolute Gasteiger partial charge is 0.494 e. The predicted molar refractivity (Wildman–Crippen MR) is 126 cm³/mol. The third-order valence-corrected chi connectivity index (χ3v) is 5.78. The van der Waals surface area contributed by atoms with Gasteiger partial charge in [0.05, 0.1) is 23.0 Å². The molecule has 0 unspecified atom stereocenters. The summed E-state index contributed by atoms with van der Waals surface area (Å²) in [4.78, 5) is 17.7. The number of anilines is 1. The van der Waals surface area contributed by atoms with E-state index in [1.807, 2.05) is 49.4 Å². The molecule has 0 saturated heterocycles. The summed E-state index contributed by atoms with van der Waals surface area (Å²) in [7, 11) is 0. The summed E-state index contributed by atoms with van der Waals surface area (Å²) < 4.78 is 21.0. The summed E-state index contributed by atoms with van der Waals surface area (Å²) in [5.74, 6) is -0.210. The Morgan fingerprint density at radius 3 is 2.74 bits per heavy atom. The number of hydrogen-bond donors (Lipinski definition) is 0. The van der Waals surface area contributed by atoms with Crippen molar-refractivity contribution in [3.63, 3.8) is 0 Å². The summed E-state index contributed by atoms with van der Waals surface area (Å²) in [6.45, 7) is 2.50. The van der Waals surface area contributed by atoms with Crippen molar-refractivity contribution in [2.45, 2.75) is 6.92 Å². The van der Waals surface area contributed by atoms with E-state index in [0.717, 1.165) is 26.0 Å². The van der Waals surface area contributed by atoms with Crippen molar-refractivity contribution in [3.8, 4) is 5.75 Å². The molecule has 0 aliphatic rings. The second-order valence-electron chi connectivity index (χ2n) is 6.48. The highest BCUT2D eigenvalue weighted by Gasteiger charge is 2.21. The van der Waals surface area contributed by atoms with Crippen LogP contribution in [-0.4, -0.2) is 23.7 Å². The van der Waals surface area contributed by atoms with E-state index in [-0.39, 0.29) is 5.56 Å². The van der Waals surface area contributed by atoms with Gasteiger partial charge >= 0.3 is 0 Å². The van der Waals surface area contributed by atoms with E-state index >= 15 is 0 Å². The van der Waals surface area contributed by atoms with Crippen LogP contribution in [0, 0.1) is 5.82 Å². The van der Waals surface area contributed by atoms with Crippen molar-refractivity contribution in [2.75, 3.05) is 11.6 Å². The molecule has 0 spiro atoms. The van der Waals surface area contributed by atoms with Gasteiger partial charge in [0.2, 0.25) is 5.13 Å². The molecule has 0 bridgehead atoms. The number of halogens is 2. The molecule has 0 fully saturated rings. The van der Waals surface area contributed by atoms with E-state index in [2.05, 4.69) is 26.0 Å². The minimum absolute atomic E-state index is 0.185. The van der Waals surface area contributed by atoms with Gasteiger partial charge in [-0.05, 0) is 73.2 Å². The topological polar surface area (TPSA) is 54.8 Å². The van der Waals surface area contributed by atoms with Crippen LogP contribution in [0.5, 0.6) is 5.75 Å². The first-order valence-corrected chi connectivity index (χ1v) is 11.1. The minimum atomic E-state index is -0.491. The highest BCUT2D eigenvalue weighted by Crippen LogP contribution is 2.32. The number of ether oxygens (including phenoxy) is 1. The lowest BCUT2D eigenvalue weighted by molar-refractivity contribution is 0.0987. The summed E-state index contributed by atoms with van der Waals surface area (Å²) in [5, 5.41) is 5.99. The van der Waals surface area contributed by atoms with E-state index in [1.165, 1.54) is 34.5 Å². The SMILES string of the molecule is CCOc1ccc(/C=N/N(C(=O)c2cccc(F)c2)c2nc3ccc(Br)cc3s2)cc1. The highest BCUT2D eigenvalue weighted by atomic mass is 79.9. The second kappa shape index (κ2) is 9.36. The Balaban J connectivity index is 1.71. The smallest absolute Gasteiger partial charge is 0.280 e. The fourth-order valence-corrected chi connectivity index (χ4v) is 4.32. The molecule has 4 aromatic rings. The van der Waals surface area contributed by atoms with Crippen LogP contribution in [-0.2, 0) is 0 Å². The molecule has 0 atom stereocenters. The number of carbonyl (C=O) groups is 1. The molecular weight excluding hydrogens is 481 g/mol. The predicted octanol–water partition coefficient (Wildman–Crippen LogP) is 6.28. The number of carbonyl (C=O) groups excluding carboxylic acids is 1. The van der Waals surface area contributed by atoms with E-state index in [9.17, 15) is 9.18 Å². The number of aromatic nitrogens is 1. The molecule has 0 aliphatic carbocycles. The lowest BCUT2D eigenvalue weighted by atomic mass is 10.2. The number of benzene rings is 3. The molecule has 0 N–H and O–H groups in total. The number of thiazole rings is 1. The Kier molecular flexibility index (Phi) is 6.39. The molecule has 0 aliphatic heterocycles. The van der Waals surface area contributed by atoms with Gasteiger partial charge in [0.25, 0.3) is 5.91 Å². The van der Waals surface area contributed by atoms with Gasteiger partial charge in [-0.25, -0.2) is 9.37 Å². The average molecular weight is 498 g/mol. The quantitative estimate of drug-likeness (QED) is 0.232. The zero-order chi connectivity index (χ0) is 21.8. The first kappa shape index (κ1) is 21.1. The molecule has 156 valence electrons. The molecule has 5 nitrogen and oxygen atoms in total. The van der Waals surface area contributed by atoms with Gasteiger partial charge in [-0.2, -0.15) is 10.1 Å². The number of hydrazone groups is 1. The first-order chi connectivity index (χ1) is 15.0. The summed E-state index contributed by atoms with van der Waals surface area (Å²) >= 11 is 4.77. The van der Waals surface area contributed by atoms with Gasteiger partial charge in [0.1, 0.15) is 11.6 Å². The van der Waals surface area contributed by atoms with Crippen LogP contribution >= 0.6 is 27.3 Å². The number of nitrogens with zero attached hydrogens (tertiary/aromatic N) is 3. The van der Waals surface area contributed by atoms with Gasteiger partial charge in [0.15, 0.2) is 0 Å². The Labute approximate surface area is 190 Å². The summed E-state index contributed by atoms with van der Waals surface area (Å²) in [6, 6.07) is 18.5. The number of rotatable bonds is 6. The first-order valence-electron chi connectivity index (χ1n) is 9.46. The highest BCUT2D eigenvalue weighted by molar-refractivity contribution is 9.10.